The summed E-state index contributed by atoms with van der Waals surface area (Å²) in [6.45, 7) is 0.164. The number of ether oxygens (including phenoxy) is 2. The number of carbonyl (C=O) groups excluding carboxylic acids is 1. The molecule has 0 radical (unpaired) electrons. The second kappa shape index (κ2) is 6.58. The normalized spacial score (nSPS) is 12.3. The van der Waals surface area contributed by atoms with Crippen molar-refractivity contribution in [2.45, 2.75) is 0 Å². The van der Waals surface area contributed by atoms with Crippen molar-refractivity contribution in [3.8, 4) is 23.0 Å². The summed E-state index contributed by atoms with van der Waals surface area (Å²) in [5.74, 6) is 1.40. The van der Waals surface area contributed by atoms with Crippen LogP contribution in [0.2, 0.25) is 5.02 Å². The van der Waals surface area contributed by atoms with Gasteiger partial charge in [-0.15, -0.1) is 0 Å². The highest BCUT2D eigenvalue weighted by atomic mass is 35.5. The Morgan fingerprint density at radius 1 is 1.00 bits per heavy atom. The molecule has 6 nitrogen and oxygen atoms in total. The van der Waals surface area contributed by atoms with E-state index in [9.17, 15) is 4.79 Å². The third-order valence-electron chi connectivity index (χ3n) is 4.35. The number of carbonyl (C=O) groups is 1. The maximum absolute atomic E-state index is 12.5. The summed E-state index contributed by atoms with van der Waals surface area (Å²) in [5, 5.41) is 3.46. The van der Waals surface area contributed by atoms with E-state index in [-0.39, 0.29) is 12.7 Å². The minimum absolute atomic E-state index is 0.164. The highest BCUT2D eigenvalue weighted by molar-refractivity contribution is 6.30. The van der Waals surface area contributed by atoms with Crippen molar-refractivity contribution in [3.63, 3.8) is 0 Å². The maximum Gasteiger partial charge on any atom is 0.255 e. The van der Waals surface area contributed by atoms with Gasteiger partial charge in [-0.05, 0) is 48.5 Å². The maximum atomic E-state index is 12.5. The molecule has 7 heteroatoms. The molecule has 1 aliphatic heterocycles. The van der Waals surface area contributed by atoms with E-state index in [0.717, 1.165) is 5.56 Å². The zero-order chi connectivity index (χ0) is 19.1. The Hall–Kier alpha value is -3.51. The number of amides is 1. The summed E-state index contributed by atoms with van der Waals surface area (Å²) in [7, 11) is 0. The largest absolute Gasteiger partial charge is 0.454 e. The van der Waals surface area contributed by atoms with Crippen LogP contribution < -0.4 is 14.8 Å². The molecule has 3 aromatic carbocycles. The van der Waals surface area contributed by atoms with E-state index < -0.39 is 0 Å². The summed E-state index contributed by atoms with van der Waals surface area (Å²) in [6, 6.07) is 17.7. The number of anilines is 1. The number of rotatable bonds is 3. The summed E-state index contributed by atoms with van der Waals surface area (Å²) in [6.07, 6.45) is 0. The highest BCUT2D eigenvalue weighted by Crippen LogP contribution is 2.33. The van der Waals surface area contributed by atoms with E-state index in [1.165, 1.54) is 0 Å². The molecular weight excluding hydrogens is 380 g/mol. The average molecular weight is 393 g/mol. The van der Waals surface area contributed by atoms with Crippen molar-refractivity contribution < 1.29 is 18.7 Å². The van der Waals surface area contributed by atoms with Crippen LogP contribution in [0.25, 0.3) is 22.6 Å². The minimum atomic E-state index is -0.257. The number of nitrogens with zero attached hydrogens (tertiary/aromatic N) is 1. The molecule has 0 unspecified atom stereocenters. The van der Waals surface area contributed by atoms with Crippen molar-refractivity contribution in [2.24, 2.45) is 0 Å². The van der Waals surface area contributed by atoms with Crippen molar-refractivity contribution in [2.75, 3.05) is 12.1 Å². The standard InChI is InChI=1S/C21H13ClN2O4/c22-14-3-1-2-13(8-14)21-24-16-6-5-15(10-18(16)28-21)23-20(25)12-4-7-17-19(9-12)27-11-26-17/h1-10H,11H2,(H,23,25). The first-order chi connectivity index (χ1) is 13.7. The molecule has 28 heavy (non-hydrogen) atoms. The first kappa shape index (κ1) is 16.6. The van der Waals surface area contributed by atoms with Crippen LogP contribution in [0.4, 0.5) is 5.69 Å². The topological polar surface area (TPSA) is 73.6 Å². The number of nitrogens with one attached hydrogen (secondary N) is 1. The monoisotopic (exact) mass is 392 g/mol. The van der Waals surface area contributed by atoms with Gasteiger partial charge in [0.15, 0.2) is 17.1 Å². The lowest BCUT2D eigenvalue weighted by Crippen LogP contribution is -2.11. The van der Waals surface area contributed by atoms with Gasteiger partial charge in [-0.3, -0.25) is 4.79 Å². The molecule has 0 spiro atoms. The van der Waals surface area contributed by atoms with Crippen LogP contribution in [0.3, 0.4) is 0 Å². The molecule has 2 heterocycles. The molecule has 0 saturated heterocycles. The molecule has 5 rings (SSSR count). The lowest BCUT2D eigenvalue weighted by molar-refractivity contribution is 0.102. The average Bonchev–Trinajstić information content (AvgIpc) is 3.33. The van der Waals surface area contributed by atoms with Gasteiger partial charge in [0.1, 0.15) is 5.52 Å². The van der Waals surface area contributed by atoms with Gasteiger partial charge in [0.2, 0.25) is 12.7 Å². The Morgan fingerprint density at radius 2 is 1.89 bits per heavy atom. The van der Waals surface area contributed by atoms with E-state index in [4.69, 9.17) is 25.5 Å². The fourth-order valence-electron chi connectivity index (χ4n) is 2.99. The Bertz CT molecular complexity index is 1220. The van der Waals surface area contributed by atoms with Crippen molar-refractivity contribution in [1.29, 1.82) is 0 Å². The lowest BCUT2D eigenvalue weighted by Gasteiger charge is -2.05. The van der Waals surface area contributed by atoms with Crippen LogP contribution in [0.5, 0.6) is 11.5 Å². The van der Waals surface area contributed by atoms with E-state index in [1.807, 2.05) is 12.1 Å². The fourth-order valence-corrected chi connectivity index (χ4v) is 3.18. The lowest BCUT2D eigenvalue weighted by atomic mass is 10.2. The molecule has 1 amide bonds. The van der Waals surface area contributed by atoms with Gasteiger partial charge < -0.3 is 19.2 Å². The van der Waals surface area contributed by atoms with Gasteiger partial charge in [0, 0.05) is 27.9 Å². The summed E-state index contributed by atoms with van der Waals surface area (Å²) in [5.41, 5.74) is 3.12. The molecule has 1 N–H and O–H groups in total. The van der Waals surface area contributed by atoms with Crippen molar-refractivity contribution >= 4 is 34.3 Å². The fraction of sp³-hybridized carbons (Fsp3) is 0.0476. The second-order valence-electron chi connectivity index (χ2n) is 6.23. The molecule has 0 saturated carbocycles. The smallest absolute Gasteiger partial charge is 0.255 e. The SMILES string of the molecule is O=C(Nc1ccc2nc(-c3cccc(Cl)c3)oc2c1)c1ccc2c(c1)OCO2. The van der Waals surface area contributed by atoms with E-state index in [0.29, 0.717) is 44.8 Å². The van der Waals surface area contributed by atoms with Crippen molar-refractivity contribution in [1.82, 2.24) is 4.98 Å². The van der Waals surface area contributed by atoms with E-state index in [1.54, 1.807) is 48.5 Å². The summed E-state index contributed by atoms with van der Waals surface area (Å²) >= 11 is 6.04. The van der Waals surface area contributed by atoms with Gasteiger partial charge in [0.25, 0.3) is 5.91 Å². The van der Waals surface area contributed by atoms with Crippen LogP contribution in [0, 0.1) is 0 Å². The van der Waals surface area contributed by atoms with Crippen LogP contribution in [0.1, 0.15) is 10.4 Å². The number of aromatic nitrogens is 1. The number of hydrogen-bond acceptors (Lipinski definition) is 5. The molecule has 0 bridgehead atoms. The van der Waals surface area contributed by atoms with E-state index >= 15 is 0 Å². The Kier molecular flexibility index (Phi) is 3.91. The van der Waals surface area contributed by atoms with Gasteiger partial charge in [-0.25, -0.2) is 4.98 Å². The highest BCUT2D eigenvalue weighted by Gasteiger charge is 2.17. The van der Waals surface area contributed by atoms with Gasteiger partial charge in [-0.1, -0.05) is 17.7 Å². The molecule has 0 aliphatic carbocycles. The Morgan fingerprint density at radius 3 is 2.79 bits per heavy atom. The number of hydrogen-bond donors (Lipinski definition) is 1. The predicted molar refractivity (Wildman–Crippen MR) is 105 cm³/mol. The van der Waals surface area contributed by atoms with Gasteiger partial charge in [0.05, 0.1) is 0 Å². The van der Waals surface area contributed by atoms with E-state index in [2.05, 4.69) is 10.3 Å². The van der Waals surface area contributed by atoms with Crippen LogP contribution in [-0.2, 0) is 0 Å². The van der Waals surface area contributed by atoms with Crippen LogP contribution in [-0.4, -0.2) is 17.7 Å². The first-order valence-corrected chi connectivity index (χ1v) is 8.91. The minimum Gasteiger partial charge on any atom is -0.454 e. The molecule has 0 atom stereocenters. The zero-order valence-electron chi connectivity index (χ0n) is 14.4. The molecule has 4 aromatic rings. The molecular formula is C21H13ClN2O4. The molecule has 1 aliphatic rings. The molecule has 0 fully saturated rings. The first-order valence-electron chi connectivity index (χ1n) is 8.53. The van der Waals surface area contributed by atoms with Crippen molar-refractivity contribution in [3.05, 3.63) is 71.2 Å². The Balaban J connectivity index is 1.41. The van der Waals surface area contributed by atoms with Crippen LogP contribution in [0.15, 0.2) is 65.1 Å². The predicted octanol–water partition coefficient (Wildman–Crippen LogP) is 5.13. The number of fused-ring (bicyclic) bond motifs is 2. The second-order valence-corrected chi connectivity index (χ2v) is 6.67. The number of benzene rings is 3. The summed E-state index contributed by atoms with van der Waals surface area (Å²) in [4.78, 5) is 17.0. The molecule has 1 aromatic heterocycles. The van der Waals surface area contributed by atoms with Gasteiger partial charge in [-0.2, -0.15) is 0 Å². The van der Waals surface area contributed by atoms with Gasteiger partial charge >= 0.3 is 0 Å². The summed E-state index contributed by atoms with van der Waals surface area (Å²) < 4.78 is 16.4. The quantitative estimate of drug-likeness (QED) is 0.523. The Labute approximate surface area is 164 Å². The molecule has 138 valence electrons. The third kappa shape index (κ3) is 3.04. The third-order valence-corrected chi connectivity index (χ3v) is 4.59. The number of halogens is 1. The van der Waals surface area contributed by atoms with Crippen LogP contribution >= 0.6 is 11.6 Å². The number of oxazole rings is 1. The zero-order valence-corrected chi connectivity index (χ0v) is 15.2.